The zero-order chi connectivity index (χ0) is 13.1. The van der Waals surface area contributed by atoms with Crippen molar-refractivity contribution in [3.8, 4) is 0 Å². The number of rotatable bonds is 5. The molecular formula is C17H26N2. The van der Waals surface area contributed by atoms with Gasteiger partial charge in [0.15, 0.2) is 0 Å². The van der Waals surface area contributed by atoms with Gasteiger partial charge in [-0.1, -0.05) is 30.3 Å². The maximum absolute atomic E-state index is 5.96. The average molecular weight is 258 g/mol. The minimum atomic E-state index is 0.678. The Balaban J connectivity index is 1.49. The van der Waals surface area contributed by atoms with Crippen LogP contribution in [0.1, 0.15) is 31.2 Å². The summed E-state index contributed by atoms with van der Waals surface area (Å²) in [6.07, 6.45) is 6.76. The molecule has 0 aromatic heterocycles. The summed E-state index contributed by atoms with van der Waals surface area (Å²) in [7, 11) is 0. The Morgan fingerprint density at radius 3 is 2.32 bits per heavy atom. The van der Waals surface area contributed by atoms with Crippen molar-refractivity contribution in [3.63, 3.8) is 0 Å². The van der Waals surface area contributed by atoms with Crippen molar-refractivity contribution in [1.82, 2.24) is 4.90 Å². The first kappa shape index (κ1) is 13.1. The molecule has 19 heavy (non-hydrogen) atoms. The van der Waals surface area contributed by atoms with Crippen molar-refractivity contribution >= 4 is 0 Å². The standard InChI is InChI=1S/C17H26N2/c18-13-17(16-6-7-16)19-10-8-15(9-11-19)12-14-4-2-1-3-5-14/h1-5,15-17H,6-13,18H2. The number of benzene rings is 1. The quantitative estimate of drug-likeness (QED) is 0.880. The van der Waals surface area contributed by atoms with Crippen LogP contribution >= 0.6 is 0 Å². The van der Waals surface area contributed by atoms with Gasteiger partial charge in [-0.15, -0.1) is 0 Å². The first-order valence-electron chi connectivity index (χ1n) is 7.85. The van der Waals surface area contributed by atoms with Crippen molar-refractivity contribution in [2.45, 2.75) is 38.1 Å². The molecule has 1 aromatic carbocycles. The van der Waals surface area contributed by atoms with Crippen LogP contribution in [0.2, 0.25) is 0 Å². The molecule has 1 saturated carbocycles. The van der Waals surface area contributed by atoms with Crippen molar-refractivity contribution in [3.05, 3.63) is 35.9 Å². The number of nitrogens with zero attached hydrogens (tertiary/aromatic N) is 1. The molecule has 104 valence electrons. The van der Waals surface area contributed by atoms with Crippen LogP contribution in [-0.4, -0.2) is 30.6 Å². The van der Waals surface area contributed by atoms with Crippen molar-refractivity contribution in [2.24, 2.45) is 17.6 Å². The molecule has 1 aliphatic carbocycles. The first-order chi connectivity index (χ1) is 9.36. The van der Waals surface area contributed by atoms with Gasteiger partial charge in [-0.3, -0.25) is 4.90 Å². The van der Waals surface area contributed by atoms with Gasteiger partial charge in [0, 0.05) is 12.6 Å². The molecule has 2 aliphatic rings. The van der Waals surface area contributed by atoms with Crippen LogP contribution in [-0.2, 0) is 6.42 Å². The molecule has 0 radical (unpaired) electrons. The minimum Gasteiger partial charge on any atom is -0.329 e. The van der Waals surface area contributed by atoms with Gasteiger partial charge in [0.25, 0.3) is 0 Å². The van der Waals surface area contributed by atoms with E-state index in [2.05, 4.69) is 35.2 Å². The fourth-order valence-corrected chi connectivity index (χ4v) is 3.56. The first-order valence-corrected chi connectivity index (χ1v) is 7.85. The molecule has 2 fully saturated rings. The van der Waals surface area contributed by atoms with Gasteiger partial charge in [0.1, 0.15) is 0 Å². The van der Waals surface area contributed by atoms with Crippen LogP contribution in [0.25, 0.3) is 0 Å². The van der Waals surface area contributed by atoms with E-state index in [0.29, 0.717) is 6.04 Å². The molecule has 2 N–H and O–H groups in total. The summed E-state index contributed by atoms with van der Waals surface area (Å²) in [5.41, 5.74) is 7.46. The number of nitrogens with two attached hydrogens (primary N) is 1. The predicted octanol–water partition coefficient (Wildman–Crippen LogP) is 2.68. The average Bonchev–Trinajstić information content (AvgIpc) is 3.27. The highest BCUT2D eigenvalue weighted by Gasteiger charge is 2.35. The Labute approximate surface area is 117 Å². The van der Waals surface area contributed by atoms with Crippen LogP contribution in [0.5, 0.6) is 0 Å². The van der Waals surface area contributed by atoms with E-state index in [1.54, 1.807) is 0 Å². The normalized spacial score (nSPS) is 23.4. The predicted molar refractivity (Wildman–Crippen MR) is 80.0 cm³/mol. The summed E-state index contributed by atoms with van der Waals surface area (Å²) in [4.78, 5) is 2.67. The summed E-state index contributed by atoms with van der Waals surface area (Å²) in [6, 6.07) is 11.6. The summed E-state index contributed by atoms with van der Waals surface area (Å²) >= 11 is 0. The fourth-order valence-electron chi connectivity index (χ4n) is 3.56. The maximum atomic E-state index is 5.96. The van der Waals surface area contributed by atoms with Crippen molar-refractivity contribution in [2.75, 3.05) is 19.6 Å². The lowest BCUT2D eigenvalue weighted by molar-refractivity contribution is 0.122. The Kier molecular flexibility index (Phi) is 4.19. The maximum Gasteiger partial charge on any atom is 0.0246 e. The summed E-state index contributed by atoms with van der Waals surface area (Å²) in [5.74, 6) is 1.78. The molecular weight excluding hydrogens is 232 g/mol. The van der Waals surface area contributed by atoms with E-state index in [1.165, 1.54) is 50.8 Å². The van der Waals surface area contributed by atoms with Crippen molar-refractivity contribution < 1.29 is 0 Å². The molecule has 0 spiro atoms. The van der Waals surface area contributed by atoms with Gasteiger partial charge >= 0.3 is 0 Å². The zero-order valence-electron chi connectivity index (χ0n) is 11.8. The topological polar surface area (TPSA) is 29.3 Å². The number of piperidine rings is 1. The lowest BCUT2D eigenvalue weighted by atomic mass is 9.89. The van der Waals surface area contributed by atoms with E-state index in [4.69, 9.17) is 5.73 Å². The van der Waals surface area contributed by atoms with Gasteiger partial charge in [0.2, 0.25) is 0 Å². The highest BCUT2D eigenvalue weighted by Crippen LogP contribution is 2.36. The second-order valence-electron chi connectivity index (χ2n) is 6.31. The highest BCUT2D eigenvalue weighted by molar-refractivity contribution is 5.15. The lowest BCUT2D eigenvalue weighted by Crippen LogP contribution is -2.46. The molecule has 1 atom stereocenters. The van der Waals surface area contributed by atoms with Gasteiger partial charge in [-0.05, 0) is 62.6 Å². The Morgan fingerprint density at radius 1 is 1.05 bits per heavy atom. The van der Waals surface area contributed by atoms with Gasteiger partial charge in [0.05, 0.1) is 0 Å². The highest BCUT2D eigenvalue weighted by atomic mass is 15.2. The summed E-state index contributed by atoms with van der Waals surface area (Å²) < 4.78 is 0. The fraction of sp³-hybridized carbons (Fsp3) is 0.647. The van der Waals surface area contributed by atoms with Gasteiger partial charge < -0.3 is 5.73 Å². The van der Waals surface area contributed by atoms with E-state index in [9.17, 15) is 0 Å². The number of hydrogen-bond donors (Lipinski definition) is 1. The van der Waals surface area contributed by atoms with E-state index in [0.717, 1.165) is 18.4 Å². The minimum absolute atomic E-state index is 0.678. The third-order valence-electron chi connectivity index (χ3n) is 4.89. The molecule has 2 heteroatoms. The van der Waals surface area contributed by atoms with Crippen molar-refractivity contribution in [1.29, 1.82) is 0 Å². The number of likely N-dealkylation sites (tertiary alicyclic amines) is 1. The second kappa shape index (κ2) is 6.06. The van der Waals surface area contributed by atoms with Crippen LogP contribution < -0.4 is 5.73 Å². The number of hydrogen-bond acceptors (Lipinski definition) is 2. The Hall–Kier alpha value is -0.860. The second-order valence-corrected chi connectivity index (χ2v) is 6.31. The van der Waals surface area contributed by atoms with Gasteiger partial charge in [-0.25, -0.2) is 0 Å². The third kappa shape index (κ3) is 3.37. The lowest BCUT2D eigenvalue weighted by Gasteiger charge is -2.37. The SMILES string of the molecule is NCC(C1CC1)N1CCC(Cc2ccccc2)CC1. The monoisotopic (exact) mass is 258 g/mol. The van der Waals surface area contributed by atoms with E-state index < -0.39 is 0 Å². The molecule has 1 aromatic rings. The molecule has 2 nitrogen and oxygen atoms in total. The molecule has 0 amide bonds. The van der Waals surface area contributed by atoms with Gasteiger partial charge in [-0.2, -0.15) is 0 Å². The van der Waals surface area contributed by atoms with E-state index in [1.807, 2.05) is 0 Å². The summed E-state index contributed by atoms with van der Waals surface area (Å²) in [6.45, 7) is 3.37. The van der Waals surface area contributed by atoms with Crippen LogP contribution in [0.3, 0.4) is 0 Å². The van der Waals surface area contributed by atoms with E-state index in [-0.39, 0.29) is 0 Å². The molecule has 3 rings (SSSR count). The Morgan fingerprint density at radius 2 is 1.74 bits per heavy atom. The molecule has 1 saturated heterocycles. The molecule has 1 aliphatic heterocycles. The summed E-state index contributed by atoms with van der Waals surface area (Å²) in [5, 5.41) is 0. The zero-order valence-corrected chi connectivity index (χ0v) is 11.8. The molecule has 1 heterocycles. The largest absolute Gasteiger partial charge is 0.329 e. The van der Waals surface area contributed by atoms with Crippen LogP contribution in [0.4, 0.5) is 0 Å². The van der Waals surface area contributed by atoms with Crippen LogP contribution in [0, 0.1) is 11.8 Å². The third-order valence-corrected chi connectivity index (χ3v) is 4.89. The van der Waals surface area contributed by atoms with E-state index >= 15 is 0 Å². The Bertz CT molecular complexity index is 378. The smallest absolute Gasteiger partial charge is 0.0246 e. The molecule has 0 bridgehead atoms. The molecule has 1 unspecified atom stereocenters. The van der Waals surface area contributed by atoms with Crippen LogP contribution in [0.15, 0.2) is 30.3 Å².